The van der Waals surface area contributed by atoms with E-state index in [1.165, 1.54) is 7.11 Å². The molecule has 0 saturated carbocycles. The van der Waals surface area contributed by atoms with Crippen molar-refractivity contribution in [1.82, 2.24) is 10.6 Å². The molecule has 26 heavy (non-hydrogen) atoms. The van der Waals surface area contributed by atoms with Crippen molar-refractivity contribution in [2.75, 3.05) is 13.7 Å². The number of benzene rings is 1. The van der Waals surface area contributed by atoms with Crippen LogP contribution in [0.25, 0.3) is 0 Å². The van der Waals surface area contributed by atoms with Gasteiger partial charge in [0.1, 0.15) is 0 Å². The zero-order valence-electron chi connectivity index (χ0n) is 15.0. The minimum atomic E-state index is -0.846. The lowest BCUT2D eigenvalue weighted by Crippen LogP contribution is -2.46. The highest BCUT2D eigenvalue weighted by atomic mass is 79.9. The lowest BCUT2D eigenvalue weighted by Gasteiger charge is -2.30. The number of carbonyl (C=O) groups excluding carboxylic acids is 2. The molecule has 0 fully saturated rings. The van der Waals surface area contributed by atoms with Crippen LogP contribution >= 0.6 is 15.9 Å². The molecule has 0 bridgehead atoms. The molecule has 8 heteroatoms. The van der Waals surface area contributed by atoms with Gasteiger partial charge >= 0.3 is 12.0 Å². The molecule has 1 atom stereocenters. The average Bonchev–Trinajstić information content (AvgIpc) is 2.61. The van der Waals surface area contributed by atoms with Crippen molar-refractivity contribution in [2.45, 2.75) is 39.2 Å². The van der Waals surface area contributed by atoms with Gasteiger partial charge in [0.15, 0.2) is 11.5 Å². The van der Waals surface area contributed by atoms with Crippen molar-refractivity contribution in [3.8, 4) is 11.5 Å². The molecule has 0 saturated heterocycles. The number of nitrogens with one attached hydrogen (secondary N) is 2. The van der Waals surface area contributed by atoms with Gasteiger partial charge < -0.3 is 25.2 Å². The van der Waals surface area contributed by atoms with Crippen molar-refractivity contribution >= 4 is 27.9 Å². The number of methoxy groups -OCH3 is 1. The molecule has 0 spiro atoms. The van der Waals surface area contributed by atoms with Gasteiger partial charge in [0.05, 0.1) is 25.3 Å². The number of unbranched alkanes of at least 4 members (excludes halogenated alkanes) is 1. The minimum absolute atomic E-state index is 0.139. The molecular weight excluding hydrogens is 404 g/mol. The van der Waals surface area contributed by atoms with E-state index in [9.17, 15) is 14.7 Å². The van der Waals surface area contributed by atoms with Crippen LogP contribution in [-0.2, 0) is 9.53 Å². The molecule has 3 N–H and O–H groups in total. The van der Waals surface area contributed by atoms with Crippen LogP contribution in [0.2, 0.25) is 0 Å². The average molecular weight is 427 g/mol. The molecule has 1 aromatic rings. The topological polar surface area (TPSA) is 96.9 Å². The van der Waals surface area contributed by atoms with Crippen molar-refractivity contribution in [3.63, 3.8) is 0 Å². The zero-order valence-corrected chi connectivity index (χ0v) is 16.6. The Labute approximate surface area is 160 Å². The second-order valence-corrected chi connectivity index (χ2v) is 6.71. The SMILES string of the molecule is CCCCC1=C(C(=O)OCC)C(c2cc(Br)cc(OC)c2O)NC(=O)N1. The van der Waals surface area contributed by atoms with E-state index in [0.717, 1.165) is 12.8 Å². The fourth-order valence-corrected chi connectivity index (χ4v) is 3.28. The summed E-state index contributed by atoms with van der Waals surface area (Å²) in [5, 5.41) is 16.0. The summed E-state index contributed by atoms with van der Waals surface area (Å²) < 4.78 is 11.0. The quantitative estimate of drug-likeness (QED) is 0.579. The predicted octanol–water partition coefficient (Wildman–Crippen LogP) is 3.52. The van der Waals surface area contributed by atoms with E-state index in [1.54, 1.807) is 19.1 Å². The van der Waals surface area contributed by atoms with Crippen LogP contribution < -0.4 is 15.4 Å². The van der Waals surface area contributed by atoms with Gasteiger partial charge in [0, 0.05) is 15.7 Å². The fraction of sp³-hybridized carbons (Fsp3) is 0.444. The highest BCUT2D eigenvalue weighted by Crippen LogP contribution is 2.41. The van der Waals surface area contributed by atoms with Crippen LogP contribution in [0.15, 0.2) is 27.9 Å². The molecule has 142 valence electrons. The van der Waals surface area contributed by atoms with Gasteiger partial charge in [-0.05, 0) is 31.9 Å². The maximum absolute atomic E-state index is 12.6. The summed E-state index contributed by atoms with van der Waals surface area (Å²) in [6, 6.07) is 1.96. The first kappa shape index (κ1) is 20.1. The van der Waals surface area contributed by atoms with Crippen LogP contribution in [0.4, 0.5) is 4.79 Å². The Kier molecular flexibility index (Phi) is 6.90. The molecule has 0 aliphatic carbocycles. The third-order valence-electron chi connectivity index (χ3n) is 4.03. The van der Waals surface area contributed by atoms with Crippen LogP contribution in [0.5, 0.6) is 11.5 Å². The van der Waals surface area contributed by atoms with Gasteiger partial charge in [0.2, 0.25) is 0 Å². The number of halogens is 1. The molecule has 1 heterocycles. The number of carbonyl (C=O) groups is 2. The molecule has 1 aliphatic rings. The van der Waals surface area contributed by atoms with Crippen LogP contribution in [0.1, 0.15) is 44.7 Å². The maximum atomic E-state index is 12.6. The first-order valence-corrected chi connectivity index (χ1v) is 9.26. The number of amides is 2. The van der Waals surface area contributed by atoms with E-state index in [1.807, 2.05) is 6.92 Å². The number of urea groups is 1. The number of rotatable bonds is 7. The van der Waals surface area contributed by atoms with Gasteiger partial charge in [-0.2, -0.15) is 0 Å². The number of hydrogen-bond donors (Lipinski definition) is 3. The van der Waals surface area contributed by atoms with Gasteiger partial charge in [0.25, 0.3) is 0 Å². The number of ether oxygens (including phenoxy) is 2. The summed E-state index contributed by atoms with van der Waals surface area (Å²) in [7, 11) is 1.43. The molecule has 1 aliphatic heterocycles. The molecule has 7 nitrogen and oxygen atoms in total. The number of esters is 1. The maximum Gasteiger partial charge on any atom is 0.338 e. The third kappa shape index (κ3) is 4.30. The van der Waals surface area contributed by atoms with Gasteiger partial charge in [-0.1, -0.05) is 29.3 Å². The molecular formula is C18H23BrN2O5. The molecule has 2 amide bonds. The van der Waals surface area contributed by atoms with Crippen molar-refractivity contribution in [2.24, 2.45) is 0 Å². The Morgan fingerprint density at radius 3 is 2.69 bits per heavy atom. The zero-order chi connectivity index (χ0) is 19.3. The predicted molar refractivity (Wildman–Crippen MR) is 100.0 cm³/mol. The summed E-state index contributed by atoms with van der Waals surface area (Å²) in [4.78, 5) is 24.8. The number of phenols is 1. The highest BCUT2D eigenvalue weighted by molar-refractivity contribution is 9.10. The second kappa shape index (κ2) is 8.93. The monoisotopic (exact) mass is 426 g/mol. The fourth-order valence-electron chi connectivity index (χ4n) is 2.82. The normalized spacial score (nSPS) is 16.8. The van der Waals surface area contributed by atoms with E-state index in [2.05, 4.69) is 26.6 Å². The summed E-state index contributed by atoms with van der Waals surface area (Å²) in [5.41, 5.74) is 1.15. The van der Waals surface area contributed by atoms with Crippen LogP contribution in [0.3, 0.4) is 0 Å². The number of hydrogen-bond acceptors (Lipinski definition) is 5. The van der Waals surface area contributed by atoms with Gasteiger partial charge in [-0.3, -0.25) is 0 Å². The summed E-state index contributed by atoms with van der Waals surface area (Å²) in [5.74, 6) is -0.436. The first-order chi connectivity index (χ1) is 12.4. The highest BCUT2D eigenvalue weighted by Gasteiger charge is 2.35. The van der Waals surface area contributed by atoms with Crippen molar-refractivity contribution in [3.05, 3.63) is 33.4 Å². The van der Waals surface area contributed by atoms with Crippen molar-refractivity contribution < 1.29 is 24.2 Å². The Bertz CT molecular complexity index is 733. The van der Waals surface area contributed by atoms with E-state index < -0.39 is 18.0 Å². The van der Waals surface area contributed by atoms with Gasteiger partial charge in [-0.15, -0.1) is 0 Å². The van der Waals surface area contributed by atoms with Crippen LogP contribution in [0, 0.1) is 0 Å². The summed E-state index contributed by atoms with van der Waals surface area (Å²) >= 11 is 3.36. The molecule has 1 aromatic carbocycles. The van der Waals surface area contributed by atoms with Crippen LogP contribution in [-0.4, -0.2) is 30.8 Å². The van der Waals surface area contributed by atoms with E-state index >= 15 is 0 Å². The lowest BCUT2D eigenvalue weighted by molar-refractivity contribution is -0.139. The number of allylic oxidation sites excluding steroid dienone is 1. The Morgan fingerprint density at radius 1 is 1.35 bits per heavy atom. The Hall–Kier alpha value is -2.22. The lowest BCUT2D eigenvalue weighted by atomic mass is 9.92. The smallest absolute Gasteiger partial charge is 0.338 e. The van der Waals surface area contributed by atoms with Gasteiger partial charge in [-0.25, -0.2) is 9.59 Å². The van der Waals surface area contributed by atoms with E-state index in [4.69, 9.17) is 9.47 Å². The molecule has 0 aromatic heterocycles. The molecule has 2 rings (SSSR count). The standard InChI is InChI=1S/C18H23BrN2O5/c1-4-6-7-12-14(17(23)26-5-2)15(21-18(24)20-12)11-8-10(19)9-13(25-3)16(11)22/h8-9,15,22H,4-7H2,1-3H3,(H2,20,21,24). The van der Waals surface area contributed by atoms with E-state index in [-0.39, 0.29) is 23.7 Å². The summed E-state index contributed by atoms with van der Waals surface area (Å²) in [6.45, 7) is 3.95. The number of aromatic hydroxyl groups is 1. The first-order valence-electron chi connectivity index (χ1n) is 8.46. The third-order valence-corrected chi connectivity index (χ3v) is 4.49. The Morgan fingerprint density at radius 2 is 2.08 bits per heavy atom. The second-order valence-electron chi connectivity index (χ2n) is 5.79. The Balaban J connectivity index is 2.61. The molecule has 0 radical (unpaired) electrons. The van der Waals surface area contributed by atoms with E-state index in [0.29, 0.717) is 22.2 Å². The number of phenolic OH excluding ortho intramolecular Hbond substituents is 1. The summed E-state index contributed by atoms with van der Waals surface area (Å²) in [6.07, 6.45) is 2.24. The molecule has 1 unspecified atom stereocenters. The minimum Gasteiger partial charge on any atom is -0.504 e. The largest absolute Gasteiger partial charge is 0.504 e. The van der Waals surface area contributed by atoms with Crippen molar-refractivity contribution in [1.29, 1.82) is 0 Å².